The number of nitro groups is 1. The average Bonchev–Trinajstić information content (AvgIpc) is 3.25. The van der Waals surface area contributed by atoms with Crippen LogP contribution < -0.4 is 14.8 Å². The Bertz CT molecular complexity index is 1180. The Balaban J connectivity index is 1.73. The van der Waals surface area contributed by atoms with Crippen LogP contribution in [-0.2, 0) is 6.61 Å². The van der Waals surface area contributed by atoms with Crippen LogP contribution >= 0.6 is 58.0 Å². The van der Waals surface area contributed by atoms with Gasteiger partial charge in [-0.1, -0.05) is 58.0 Å². The number of non-ortho nitro benzene ring substituents is 1. The van der Waals surface area contributed by atoms with E-state index >= 15 is 0 Å². The van der Waals surface area contributed by atoms with Gasteiger partial charge in [-0.3, -0.25) is 14.9 Å². The quantitative estimate of drug-likeness (QED) is 0.146. The highest BCUT2D eigenvalue weighted by Crippen LogP contribution is 2.48. The van der Waals surface area contributed by atoms with Crippen LogP contribution in [0.5, 0.6) is 11.5 Å². The van der Waals surface area contributed by atoms with E-state index in [1.165, 1.54) is 37.4 Å². The molecule has 0 aliphatic carbocycles. The summed E-state index contributed by atoms with van der Waals surface area (Å²) in [5, 5.41) is 13.3. The van der Waals surface area contributed by atoms with Crippen LogP contribution in [-0.4, -0.2) is 17.9 Å². The van der Waals surface area contributed by atoms with Crippen molar-refractivity contribution in [2.45, 2.75) is 6.61 Å². The Hall–Kier alpha value is -2.36. The molecule has 3 rings (SSSR count). The Morgan fingerprint density at radius 1 is 1.03 bits per heavy atom. The largest absolute Gasteiger partial charge is 0.494 e. The van der Waals surface area contributed by atoms with Crippen LogP contribution in [0.25, 0.3) is 0 Å². The van der Waals surface area contributed by atoms with E-state index in [-0.39, 0.29) is 66.1 Å². The third-order valence-corrected chi connectivity index (χ3v) is 6.30. The van der Waals surface area contributed by atoms with Crippen LogP contribution in [0.15, 0.2) is 34.7 Å². The molecule has 8 nitrogen and oxygen atoms in total. The second-order valence-electron chi connectivity index (χ2n) is 6.05. The SMILES string of the molecule is COc1cc([N+](=O)[O-])ccc1NC(=O)c1ccc(COc2c(Cl)c(Cl)c(Cl)c(Cl)c2Cl)o1. The van der Waals surface area contributed by atoms with E-state index in [1.54, 1.807) is 0 Å². The molecule has 0 atom stereocenters. The van der Waals surface area contributed by atoms with Crippen molar-refractivity contribution in [3.63, 3.8) is 0 Å². The molecule has 0 bridgehead atoms. The molecule has 0 saturated carbocycles. The number of hydrogen-bond donors (Lipinski definition) is 1. The maximum absolute atomic E-state index is 12.5. The van der Waals surface area contributed by atoms with E-state index in [9.17, 15) is 14.9 Å². The monoisotopic (exact) mass is 538 g/mol. The fraction of sp³-hybridized carbons (Fsp3) is 0.105. The standard InChI is InChI=1S/C19H11Cl5N2O6/c1-30-12-6-8(26(28)29)2-4-10(12)25-19(27)11-5-3-9(32-11)7-31-18-16(23)14(21)13(20)15(22)17(18)24/h2-6H,7H2,1H3,(H,25,27). The van der Waals surface area contributed by atoms with Crippen molar-refractivity contribution in [1.29, 1.82) is 0 Å². The molecular formula is C19H11Cl5N2O6. The fourth-order valence-electron chi connectivity index (χ4n) is 2.51. The molecule has 3 aromatic rings. The number of rotatable bonds is 7. The zero-order valence-corrected chi connectivity index (χ0v) is 19.7. The van der Waals surface area contributed by atoms with Gasteiger partial charge in [0.15, 0.2) is 11.5 Å². The molecule has 1 amide bonds. The zero-order chi connectivity index (χ0) is 23.6. The van der Waals surface area contributed by atoms with E-state index in [0.717, 1.165) is 0 Å². The molecule has 0 spiro atoms. The number of benzene rings is 2. The van der Waals surface area contributed by atoms with E-state index < -0.39 is 10.8 Å². The molecule has 168 valence electrons. The number of nitrogens with zero attached hydrogens (tertiary/aromatic N) is 1. The van der Waals surface area contributed by atoms with Crippen LogP contribution in [0, 0.1) is 10.1 Å². The predicted octanol–water partition coefficient (Wildman–Crippen LogP) is 7.29. The summed E-state index contributed by atoms with van der Waals surface area (Å²) in [6.07, 6.45) is 0. The number of nitro benzene ring substituents is 1. The first-order valence-corrected chi connectivity index (χ1v) is 10.4. The molecule has 32 heavy (non-hydrogen) atoms. The third kappa shape index (κ3) is 5.00. The van der Waals surface area contributed by atoms with Crippen LogP contribution in [0.4, 0.5) is 11.4 Å². The highest BCUT2D eigenvalue weighted by atomic mass is 35.5. The van der Waals surface area contributed by atoms with Gasteiger partial charge in [-0.15, -0.1) is 0 Å². The van der Waals surface area contributed by atoms with Gasteiger partial charge < -0.3 is 19.2 Å². The molecule has 0 unspecified atom stereocenters. The zero-order valence-electron chi connectivity index (χ0n) is 15.9. The first-order chi connectivity index (χ1) is 15.1. The Morgan fingerprint density at radius 2 is 1.66 bits per heavy atom. The summed E-state index contributed by atoms with van der Waals surface area (Å²) < 4.78 is 16.1. The van der Waals surface area contributed by atoms with Crippen LogP contribution in [0.1, 0.15) is 16.3 Å². The normalized spacial score (nSPS) is 10.7. The van der Waals surface area contributed by atoms with Gasteiger partial charge in [0.25, 0.3) is 11.6 Å². The Labute approximate surface area is 206 Å². The number of amides is 1. The van der Waals surface area contributed by atoms with Gasteiger partial charge in [0.2, 0.25) is 0 Å². The molecule has 2 aromatic carbocycles. The summed E-state index contributed by atoms with van der Waals surface area (Å²) in [6, 6.07) is 6.68. The van der Waals surface area contributed by atoms with Crippen molar-refractivity contribution in [1.82, 2.24) is 0 Å². The lowest BCUT2D eigenvalue weighted by atomic mass is 10.2. The molecule has 1 N–H and O–H groups in total. The lowest BCUT2D eigenvalue weighted by Crippen LogP contribution is -2.12. The molecule has 0 saturated heterocycles. The van der Waals surface area contributed by atoms with Crippen molar-refractivity contribution in [3.8, 4) is 11.5 Å². The van der Waals surface area contributed by atoms with Crippen LogP contribution in [0.3, 0.4) is 0 Å². The van der Waals surface area contributed by atoms with Gasteiger partial charge in [-0.05, 0) is 18.2 Å². The maximum atomic E-state index is 12.5. The molecule has 0 aliphatic heterocycles. The van der Waals surface area contributed by atoms with E-state index in [2.05, 4.69) is 5.32 Å². The first kappa shape index (κ1) is 24.3. The van der Waals surface area contributed by atoms with E-state index in [1.807, 2.05) is 0 Å². The number of nitrogens with one attached hydrogen (secondary N) is 1. The maximum Gasteiger partial charge on any atom is 0.291 e. The number of methoxy groups -OCH3 is 1. The number of anilines is 1. The van der Waals surface area contributed by atoms with Crippen molar-refractivity contribution in [2.75, 3.05) is 12.4 Å². The highest BCUT2D eigenvalue weighted by Gasteiger charge is 2.21. The molecular weight excluding hydrogens is 529 g/mol. The van der Waals surface area contributed by atoms with E-state index in [0.29, 0.717) is 0 Å². The second-order valence-corrected chi connectivity index (χ2v) is 7.94. The second kappa shape index (κ2) is 10.1. The number of hydrogen-bond acceptors (Lipinski definition) is 6. The van der Waals surface area contributed by atoms with Gasteiger partial charge in [0.05, 0.1) is 38.9 Å². The van der Waals surface area contributed by atoms with E-state index in [4.69, 9.17) is 71.9 Å². The van der Waals surface area contributed by atoms with Gasteiger partial charge in [-0.25, -0.2) is 0 Å². The minimum Gasteiger partial charge on any atom is -0.494 e. The number of carbonyl (C=O) groups excluding carboxylic acids is 1. The molecule has 0 aliphatic rings. The molecule has 0 fully saturated rings. The highest BCUT2D eigenvalue weighted by molar-refractivity contribution is 6.55. The van der Waals surface area contributed by atoms with Gasteiger partial charge in [-0.2, -0.15) is 0 Å². The minimum atomic E-state index is -0.614. The minimum absolute atomic E-state index is 0.00527. The van der Waals surface area contributed by atoms with Crippen molar-refractivity contribution < 1.29 is 23.6 Å². The Morgan fingerprint density at radius 3 is 2.25 bits per heavy atom. The van der Waals surface area contributed by atoms with Crippen molar-refractivity contribution in [2.24, 2.45) is 0 Å². The number of ether oxygens (including phenoxy) is 2. The average molecular weight is 541 g/mol. The summed E-state index contributed by atoms with van der Waals surface area (Å²) in [7, 11) is 1.32. The summed E-state index contributed by atoms with van der Waals surface area (Å²) in [5.74, 6) is -0.278. The third-order valence-electron chi connectivity index (χ3n) is 4.06. The summed E-state index contributed by atoms with van der Waals surface area (Å²) in [6.45, 7) is -0.151. The fourth-order valence-corrected chi connectivity index (χ4v) is 3.74. The van der Waals surface area contributed by atoms with Crippen molar-refractivity contribution >= 4 is 75.3 Å². The molecule has 0 radical (unpaired) electrons. The smallest absolute Gasteiger partial charge is 0.291 e. The number of carbonyl (C=O) groups is 1. The summed E-state index contributed by atoms with van der Waals surface area (Å²) >= 11 is 30.2. The molecule has 1 aromatic heterocycles. The lowest BCUT2D eigenvalue weighted by Gasteiger charge is -2.13. The van der Waals surface area contributed by atoms with Crippen molar-refractivity contribution in [3.05, 3.63) is 77.1 Å². The number of furan rings is 1. The summed E-state index contributed by atoms with van der Waals surface area (Å²) in [4.78, 5) is 22.8. The van der Waals surface area contributed by atoms with Gasteiger partial charge in [0.1, 0.15) is 28.2 Å². The Kier molecular flexibility index (Phi) is 7.63. The molecule has 1 heterocycles. The molecule has 13 heteroatoms. The number of halogens is 5. The van der Waals surface area contributed by atoms with Gasteiger partial charge >= 0.3 is 0 Å². The van der Waals surface area contributed by atoms with Gasteiger partial charge in [0, 0.05) is 6.07 Å². The lowest BCUT2D eigenvalue weighted by molar-refractivity contribution is -0.384. The predicted molar refractivity (Wildman–Crippen MR) is 122 cm³/mol. The summed E-state index contributed by atoms with van der Waals surface area (Å²) in [5.41, 5.74) is 0.0401. The topological polar surface area (TPSA) is 104 Å². The van der Waals surface area contributed by atoms with Crippen LogP contribution in [0.2, 0.25) is 25.1 Å². The first-order valence-electron chi connectivity index (χ1n) is 8.50.